The molecule has 0 heterocycles. The first-order chi connectivity index (χ1) is 10.9. The van der Waals surface area contributed by atoms with Crippen molar-refractivity contribution in [3.63, 3.8) is 0 Å². The summed E-state index contributed by atoms with van der Waals surface area (Å²) in [7, 11) is 0. The second-order valence-corrected chi connectivity index (χ2v) is 7.27. The zero-order valence-corrected chi connectivity index (χ0v) is 14.4. The highest BCUT2D eigenvalue weighted by molar-refractivity contribution is 5.93. The molecule has 0 radical (unpaired) electrons. The molecule has 0 aromatic carbocycles. The number of hydrogen-bond acceptors (Lipinski definition) is 3. The number of carbonyl (C=O) groups excluding carboxylic acids is 2. The van der Waals surface area contributed by atoms with Gasteiger partial charge in [-0.15, -0.1) is 0 Å². The third kappa shape index (κ3) is 2.93. The number of esters is 1. The molecular formula is C20H26O3. The minimum Gasteiger partial charge on any atom is -0.462 e. The Kier molecular flexibility index (Phi) is 4.31. The summed E-state index contributed by atoms with van der Waals surface area (Å²) in [6.07, 6.45) is 11.8. The average Bonchev–Trinajstić information content (AvgIpc) is 2.83. The molecule has 23 heavy (non-hydrogen) atoms. The summed E-state index contributed by atoms with van der Waals surface area (Å²) in [5.74, 6) is 0.595. The van der Waals surface area contributed by atoms with Gasteiger partial charge in [0.2, 0.25) is 0 Å². The van der Waals surface area contributed by atoms with Crippen LogP contribution < -0.4 is 0 Å². The second kappa shape index (κ2) is 6.10. The van der Waals surface area contributed by atoms with Crippen molar-refractivity contribution >= 4 is 11.8 Å². The van der Waals surface area contributed by atoms with Crippen LogP contribution in [-0.4, -0.2) is 17.9 Å². The molecule has 3 nitrogen and oxygen atoms in total. The minimum absolute atomic E-state index is 0.00178. The van der Waals surface area contributed by atoms with Gasteiger partial charge >= 0.3 is 5.97 Å². The lowest BCUT2D eigenvalue weighted by Crippen LogP contribution is -2.35. The first-order valence-electron chi connectivity index (χ1n) is 8.76. The van der Waals surface area contributed by atoms with Gasteiger partial charge in [0.15, 0.2) is 5.78 Å². The maximum absolute atomic E-state index is 11.7. The third-order valence-electron chi connectivity index (χ3n) is 5.88. The van der Waals surface area contributed by atoms with Gasteiger partial charge in [-0.25, -0.2) is 0 Å². The van der Waals surface area contributed by atoms with E-state index in [1.165, 1.54) is 23.6 Å². The van der Waals surface area contributed by atoms with Crippen molar-refractivity contribution in [1.29, 1.82) is 0 Å². The van der Waals surface area contributed by atoms with Gasteiger partial charge in [0, 0.05) is 18.8 Å². The Morgan fingerprint density at radius 2 is 2.13 bits per heavy atom. The minimum atomic E-state index is -0.184. The van der Waals surface area contributed by atoms with Gasteiger partial charge < -0.3 is 4.74 Å². The highest BCUT2D eigenvalue weighted by Crippen LogP contribution is 2.52. The Balaban J connectivity index is 1.90. The fourth-order valence-corrected chi connectivity index (χ4v) is 4.47. The van der Waals surface area contributed by atoms with Gasteiger partial charge in [0.05, 0.1) is 0 Å². The first-order valence-corrected chi connectivity index (χ1v) is 8.76. The van der Waals surface area contributed by atoms with Crippen molar-refractivity contribution < 1.29 is 14.3 Å². The van der Waals surface area contributed by atoms with Crippen molar-refractivity contribution in [2.24, 2.45) is 11.3 Å². The van der Waals surface area contributed by atoms with Gasteiger partial charge in [-0.05, 0) is 60.8 Å². The normalized spacial score (nSPS) is 36.7. The topological polar surface area (TPSA) is 43.4 Å². The van der Waals surface area contributed by atoms with Crippen molar-refractivity contribution in [3.05, 3.63) is 34.9 Å². The van der Waals surface area contributed by atoms with Gasteiger partial charge in [-0.2, -0.15) is 0 Å². The summed E-state index contributed by atoms with van der Waals surface area (Å²) >= 11 is 0. The van der Waals surface area contributed by atoms with Gasteiger partial charge in [0.1, 0.15) is 6.10 Å². The molecule has 0 aromatic heterocycles. The van der Waals surface area contributed by atoms with Crippen LogP contribution in [0.3, 0.4) is 0 Å². The summed E-state index contributed by atoms with van der Waals surface area (Å²) in [6.45, 7) is 5.83. The lowest BCUT2D eigenvalue weighted by Gasteiger charge is -2.37. The molecule has 124 valence electrons. The van der Waals surface area contributed by atoms with Crippen LogP contribution in [0.25, 0.3) is 0 Å². The number of ketones is 1. The highest BCUT2D eigenvalue weighted by Gasteiger charge is 2.48. The fourth-order valence-electron chi connectivity index (χ4n) is 4.47. The van der Waals surface area contributed by atoms with E-state index >= 15 is 0 Å². The van der Waals surface area contributed by atoms with Crippen molar-refractivity contribution in [2.45, 2.75) is 65.4 Å². The lowest BCUT2D eigenvalue weighted by atomic mass is 9.69. The van der Waals surface area contributed by atoms with Gasteiger partial charge in [-0.3, -0.25) is 9.59 Å². The number of allylic oxidation sites excluding steroid dienone is 5. The van der Waals surface area contributed by atoms with Crippen LogP contribution in [0.15, 0.2) is 34.9 Å². The Morgan fingerprint density at radius 1 is 1.35 bits per heavy atom. The van der Waals surface area contributed by atoms with Crippen LogP contribution in [0, 0.1) is 11.3 Å². The molecule has 1 fully saturated rings. The van der Waals surface area contributed by atoms with Crippen LogP contribution in [0.1, 0.15) is 59.3 Å². The number of ether oxygens (including phenoxy) is 1. The van der Waals surface area contributed by atoms with Crippen LogP contribution in [0.2, 0.25) is 0 Å². The molecule has 0 spiro atoms. The monoisotopic (exact) mass is 314 g/mol. The Bertz CT molecular complexity index is 623. The van der Waals surface area contributed by atoms with Crippen molar-refractivity contribution in [3.8, 4) is 0 Å². The van der Waals surface area contributed by atoms with E-state index in [4.69, 9.17) is 4.74 Å². The van der Waals surface area contributed by atoms with E-state index in [1.807, 2.05) is 6.08 Å². The largest absolute Gasteiger partial charge is 0.462 e. The summed E-state index contributed by atoms with van der Waals surface area (Å²) in [4.78, 5) is 23.0. The molecule has 0 aromatic rings. The predicted octanol–water partition coefficient (Wildman–Crippen LogP) is 4.29. The van der Waals surface area contributed by atoms with Crippen LogP contribution in [0.4, 0.5) is 0 Å². The molecule has 3 aliphatic rings. The number of rotatable bonds is 2. The van der Waals surface area contributed by atoms with E-state index in [2.05, 4.69) is 26.0 Å². The lowest BCUT2D eigenvalue weighted by molar-refractivity contribution is -0.150. The zero-order valence-electron chi connectivity index (χ0n) is 14.4. The Labute approximate surface area is 138 Å². The summed E-state index contributed by atoms with van der Waals surface area (Å²) in [6, 6.07) is 0. The standard InChI is InChI=1S/C20H26O3/c1-4-14-12-17(22)6-7-18(14)15-9-10-20(3)16(11-15)5-8-19(20)23-13(2)21/h9-10,12,16,19H,4-8,11H2,1-3H3/b18-15-/t16-,19+,20?/m1/s1. The fraction of sp³-hybridized carbons (Fsp3) is 0.600. The molecule has 0 bridgehead atoms. The molecule has 1 saturated carbocycles. The molecule has 3 aliphatic carbocycles. The number of fused-ring (bicyclic) bond motifs is 1. The molecule has 3 atom stereocenters. The highest BCUT2D eigenvalue weighted by atomic mass is 16.5. The van der Waals surface area contributed by atoms with E-state index in [0.29, 0.717) is 12.3 Å². The summed E-state index contributed by atoms with van der Waals surface area (Å²) in [5, 5.41) is 0. The number of hydrogen-bond donors (Lipinski definition) is 0. The molecular weight excluding hydrogens is 288 g/mol. The van der Waals surface area contributed by atoms with E-state index in [1.54, 1.807) is 0 Å². The third-order valence-corrected chi connectivity index (χ3v) is 5.88. The zero-order chi connectivity index (χ0) is 16.6. The maximum Gasteiger partial charge on any atom is 0.302 e. The molecule has 0 saturated heterocycles. The van der Waals surface area contributed by atoms with E-state index in [9.17, 15) is 9.59 Å². The van der Waals surface area contributed by atoms with Crippen molar-refractivity contribution in [1.82, 2.24) is 0 Å². The predicted molar refractivity (Wildman–Crippen MR) is 89.8 cm³/mol. The molecule has 0 N–H and O–H groups in total. The van der Waals surface area contributed by atoms with Crippen LogP contribution in [0.5, 0.6) is 0 Å². The quantitative estimate of drug-likeness (QED) is 0.714. The van der Waals surface area contributed by atoms with Crippen LogP contribution in [-0.2, 0) is 14.3 Å². The smallest absolute Gasteiger partial charge is 0.302 e. The number of carbonyl (C=O) groups is 2. The van der Waals surface area contributed by atoms with Crippen LogP contribution >= 0.6 is 0 Å². The molecule has 3 rings (SSSR count). The van der Waals surface area contributed by atoms with E-state index < -0.39 is 0 Å². The molecule has 3 heteroatoms. The van der Waals surface area contributed by atoms with E-state index in [-0.39, 0.29) is 23.3 Å². The Hall–Kier alpha value is -1.64. The SMILES string of the molecule is CCC1=CC(=O)CC/C1=C1\C=CC2(C)[C@H](CC[C@@H]2OC(C)=O)C1. The summed E-state index contributed by atoms with van der Waals surface area (Å²) in [5.41, 5.74) is 3.92. The second-order valence-electron chi connectivity index (χ2n) is 7.27. The molecule has 0 aliphatic heterocycles. The van der Waals surface area contributed by atoms with Gasteiger partial charge in [-0.1, -0.05) is 26.0 Å². The first kappa shape index (κ1) is 16.2. The average molecular weight is 314 g/mol. The van der Waals surface area contributed by atoms with Gasteiger partial charge in [0.25, 0.3) is 0 Å². The summed E-state index contributed by atoms with van der Waals surface area (Å²) < 4.78 is 5.56. The maximum atomic E-state index is 11.7. The van der Waals surface area contributed by atoms with Crippen molar-refractivity contribution in [2.75, 3.05) is 0 Å². The molecule has 0 amide bonds. The van der Waals surface area contributed by atoms with E-state index in [0.717, 1.165) is 32.1 Å². The molecule has 1 unspecified atom stereocenters. The Morgan fingerprint density at radius 3 is 2.83 bits per heavy atom.